The minimum atomic E-state index is -3.08. The van der Waals surface area contributed by atoms with E-state index in [9.17, 15) is 9.67 Å². The number of rotatable bonds is 6. The monoisotopic (exact) mass is 425 g/mol. The van der Waals surface area contributed by atoms with Crippen molar-refractivity contribution in [1.29, 1.82) is 0 Å². The third kappa shape index (κ3) is 3.83. The number of hydrogen-bond acceptors (Lipinski definition) is 5. The van der Waals surface area contributed by atoms with E-state index in [2.05, 4.69) is 16.4 Å². The predicted octanol–water partition coefficient (Wildman–Crippen LogP) is 5.26. The number of pyridine rings is 1. The van der Waals surface area contributed by atoms with Gasteiger partial charge in [-0.2, -0.15) is 0 Å². The van der Waals surface area contributed by atoms with Crippen LogP contribution >= 0.6 is 7.52 Å². The first-order valence-electron chi connectivity index (χ1n) is 10.3. The van der Waals surface area contributed by atoms with Gasteiger partial charge in [0, 0.05) is 25.0 Å². The van der Waals surface area contributed by atoms with Crippen molar-refractivity contribution in [2.45, 2.75) is 26.4 Å². The predicted molar refractivity (Wildman–Crippen MR) is 121 cm³/mol. The zero-order valence-electron chi connectivity index (χ0n) is 17.6. The minimum absolute atomic E-state index is 0.280. The summed E-state index contributed by atoms with van der Waals surface area (Å²) in [6, 6.07) is 13.9. The third-order valence-electron chi connectivity index (χ3n) is 5.77. The lowest BCUT2D eigenvalue weighted by molar-refractivity contribution is 0.351. The minimum Gasteiger partial charge on any atom is -0.507 e. The Morgan fingerprint density at radius 1 is 1.23 bits per heavy atom. The van der Waals surface area contributed by atoms with Gasteiger partial charge < -0.3 is 14.9 Å². The fraction of sp³-hybridized carbons (Fsp3) is 0.348. The molecule has 7 heteroatoms. The second-order valence-corrected chi connectivity index (χ2v) is 10.3. The molecule has 2 atom stereocenters. The summed E-state index contributed by atoms with van der Waals surface area (Å²) in [4.78, 5) is 4.51. The summed E-state index contributed by atoms with van der Waals surface area (Å²) in [5, 5.41) is 14.7. The van der Waals surface area contributed by atoms with Crippen molar-refractivity contribution in [1.82, 2.24) is 9.65 Å². The van der Waals surface area contributed by atoms with Crippen molar-refractivity contribution in [2.24, 2.45) is 0 Å². The number of phenols is 1. The number of nitrogens with one attached hydrogen (secondary N) is 1. The molecule has 1 aliphatic heterocycles. The lowest BCUT2D eigenvalue weighted by atomic mass is 10.0. The zero-order valence-corrected chi connectivity index (χ0v) is 18.5. The Bertz CT molecular complexity index is 1090. The van der Waals surface area contributed by atoms with Gasteiger partial charge in [-0.05, 0) is 42.7 Å². The van der Waals surface area contributed by atoms with Crippen LogP contribution in [0.4, 0.5) is 5.69 Å². The normalized spacial score (nSPS) is 20.5. The van der Waals surface area contributed by atoms with Crippen LogP contribution in [0.15, 0.2) is 48.7 Å². The summed E-state index contributed by atoms with van der Waals surface area (Å²) in [7, 11) is -3.08. The number of aryl methyl sites for hydroxylation is 2. The first-order chi connectivity index (χ1) is 14.4. The molecule has 30 heavy (non-hydrogen) atoms. The molecule has 3 aromatic rings. The maximum atomic E-state index is 14.0. The van der Waals surface area contributed by atoms with Crippen LogP contribution in [0.3, 0.4) is 0 Å². The van der Waals surface area contributed by atoms with Crippen LogP contribution in [0.25, 0.3) is 10.9 Å². The van der Waals surface area contributed by atoms with Crippen molar-refractivity contribution in [3.8, 4) is 5.75 Å². The number of nitrogens with zero attached hydrogens (tertiary/aromatic N) is 2. The Balaban J connectivity index is 1.69. The molecule has 0 radical (unpaired) electrons. The van der Waals surface area contributed by atoms with Gasteiger partial charge in [-0.25, -0.2) is 4.67 Å². The number of aromatic nitrogens is 1. The highest BCUT2D eigenvalue weighted by Gasteiger charge is 2.44. The maximum absolute atomic E-state index is 14.0. The van der Waals surface area contributed by atoms with Gasteiger partial charge in [-0.15, -0.1) is 0 Å². The Labute approximate surface area is 177 Å². The smallest absolute Gasteiger partial charge is 0.281 e. The van der Waals surface area contributed by atoms with Crippen LogP contribution in [0, 0.1) is 13.8 Å². The highest BCUT2D eigenvalue weighted by atomic mass is 31.2. The topological polar surface area (TPSA) is 74.7 Å². The molecule has 1 aliphatic rings. The summed E-state index contributed by atoms with van der Waals surface area (Å²) in [6.07, 6.45) is 1.80. The standard InChI is InChI=1S/C23H28N3O3P/c1-4-26-9-10-29-30(26,28)22(19-11-16(2)23(27)17(3)12-19)15-24-20-13-18-7-5-6-8-21(18)25-14-20/h5-8,11-14,22,24,27H,4,9-10,15H2,1-3H3. The molecule has 2 aromatic carbocycles. The average Bonchev–Trinajstić information content (AvgIpc) is 3.13. The first kappa shape index (κ1) is 20.9. The van der Waals surface area contributed by atoms with Gasteiger partial charge in [0.05, 0.1) is 29.7 Å². The Morgan fingerprint density at radius 2 is 1.97 bits per heavy atom. The summed E-state index contributed by atoms with van der Waals surface area (Å²) in [6.45, 7) is 7.98. The van der Waals surface area contributed by atoms with Crippen molar-refractivity contribution in [3.63, 3.8) is 0 Å². The lowest BCUT2D eigenvalue weighted by Gasteiger charge is -2.30. The van der Waals surface area contributed by atoms with Crippen LogP contribution < -0.4 is 5.32 Å². The average molecular weight is 425 g/mol. The summed E-state index contributed by atoms with van der Waals surface area (Å²) in [5.41, 5.74) is 3.91. The van der Waals surface area contributed by atoms with E-state index >= 15 is 0 Å². The number of benzene rings is 2. The molecule has 1 aromatic heterocycles. The number of anilines is 1. The van der Waals surface area contributed by atoms with E-state index in [4.69, 9.17) is 4.52 Å². The van der Waals surface area contributed by atoms with E-state index < -0.39 is 7.52 Å². The second-order valence-electron chi connectivity index (χ2n) is 7.76. The van der Waals surface area contributed by atoms with Gasteiger partial charge in [0.25, 0.3) is 7.52 Å². The van der Waals surface area contributed by atoms with Gasteiger partial charge in [0.15, 0.2) is 0 Å². The van der Waals surface area contributed by atoms with E-state index in [1.165, 1.54) is 0 Å². The van der Waals surface area contributed by atoms with Crippen molar-refractivity contribution in [2.75, 3.05) is 31.6 Å². The molecule has 0 aliphatic carbocycles. The van der Waals surface area contributed by atoms with E-state index in [-0.39, 0.29) is 11.4 Å². The van der Waals surface area contributed by atoms with Gasteiger partial charge in [-0.1, -0.05) is 37.3 Å². The number of hydrogen-bond donors (Lipinski definition) is 2. The molecule has 1 saturated heterocycles. The van der Waals surface area contributed by atoms with Crippen LogP contribution in [0.1, 0.15) is 29.3 Å². The molecule has 0 amide bonds. The number of likely N-dealkylation sites (N-methyl/N-ethyl adjacent to an activating group) is 1. The van der Waals surface area contributed by atoms with Crippen LogP contribution in [-0.4, -0.2) is 41.0 Å². The van der Waals surface area contributed by atoms with Crippen LogP contribution in [0.5, 0.6) is 5.75 Å². The van der Waals surface area contributed by atoms with Gasteiger partial charge in [0.2, 0.25) is 0 Å². The largest absolute Gasteiger partial charge is 0.507 e. The van der Waals surface area contributed by atoms with Crippen molar-refractivity contribution < 1.29 is 14.2 Å². The molecule has 0 saturated carbocycles. The van der Waals surface area contributed by atoms with E-state index in [0.717, 1.165) is 33.3 Å². The second kappa shape index (κ2) is 8.38. The Hall–Kier alpha value is -2.40. The van der Waals surface area contributed by atoms with Gasteiger partial charge >= 0.3 is 0 Å². The number of fused-ring (bicyclic) bond motifs is 1. The Morgan fingerprint density at radius 3 is 2.70 bits per heavy atom. The lowest BCUT2D eigenvalue weighted by Crippen LogP contribution is -2.23. The first-order valence-corrected chi connectivity index (χ1v) is 12.0. The molecule has 4 rings (SSSR count). The summed E-state index contributed by atoms with van der Waals surface area (Å²) in [5.74, 6) is 0.280. The highest BCUT2D eigenvalue weighted by molar-refractivity contribution is 7.57. The molecule has 0 spiro atoms. The number of phenolic OH excluding ortho intramolecular Hbond substituents is 1. The molecule has 6 nitrogen and oxygen atoms in total. The molecule has 2 heterocycles. The highest BCUT2D eigenvalue weighted by Crippen LogP contribution is 2.65. The molecular weight excluding hydrogens is 397 g/mol. The fourth-order valence-electron chi connectivity index (χ4n) is 4.13. The number of para-hydroxylation sites is 1. The SMILES string of the molecule is CCN1CCOP1(=O)C(CNc1cnc2ccccc2c1)c1cc(C)c(O)c(C)c1. The quantitative estimate of drug-likeness (QED) is 0.525. The molecular formula is C23H28N3O3P. The Kier molecular flexibility index (Phi) is 5.83. The summed E-state index contributed by atoms with van der Waals surface area (Å²) < 4.78 is 21.8. The molecule has 0 bridgehead atoms. The van der Waals surface area contributed by atoms with Crippen LogP contribution in [-0.2, 0) is 9.09 Å². The van der Waals surface area contributed by atoms with Crippen LogP contribution in [0.2, 0.25) is 0 Å². The molecule has 158 valence electrons. The third-order valence-corrected chi connectivity index (χ3v) is 8.86. The van der Waals surface area contributed by atoms with Gasteiger partial charge in [-0.3, -0.25) is 9.55 Å². The molecule has 1 fully saturated rings. The molecule has 2 N–H and O–H groups in total. The van der Waals surface area contributed by atoms with Gasteiger partial charge in [0.1, 0.15) is 5.75 Å². The maximum Gasteiger partial charge on any atom is 0.281 e. The van der Waals surface area contributed by atoms with E-state index in [1.807, 2.05) is 61.8 Å². The number of aromatic hydroxyl groups is 1. The fourth-order valence-corrected chi connectivity index (χ4v) is 6.81. The zero-order chi connectivity index (χ0) is 21.3. The van der Waals surface area contributed by atoms with E-state index in [0.29, 0.717) is 26.2 Å². The van der Waals surface area contributed by atoms with Crippen molar-refractivity contribution >= 4 is 24.1 Å². The van der Waals surface area contributed by atoms with Crippen molar-refractivity contribution in [3.05, 3.63) is 65.4 Å². The summed E-state index contributed by atoms with van der Waals surface area (Å²) >= 11 is 0. The van der Waals surface area contributed by atoms with E-state index in [1.54, 1.807) is 6.20 Å². The molecule has 2 unspecified atom stereocenters.